The predicted octanol–water partition coefficient (Wildman–Crippen LogP) is 6.53. The average molecular weight is 735 g/mol. The molecule has 210 valence electrons. The van der Waals surface area contributed by atoms with E-state index >= 15 is 13.2 Å². The topological polar surface area (TPSA) is 74.3 Å². The van der Waals surface area contributed by atoms with E-state index in [2.05, 4.69) is 37.6 Å². The first-order valence-electron chi connectivity index (χ1n) is 12.9. The van der Waals surface area contributed by atoms with E-state index in [1.807, 2.05) is 50.2 Å². The van der Waals surface area contributed by atoms with Gasteiger partial charge in [0.15, 0.2) is 5.95 Å². The molecule has 0 saturated carbocycles. The molecule has 0 aliphatic heterocycles. The molecule has 0 aliphatic carbocycles. The minimum atomic E-state index is -4.74. The van der Waals surface area contributed by atoms with Crippen LogP contribution >= 0.6 is 0 Å². The molecule has 2 atom stereocenters. The predicted molar refractivity (Wildman–Crippen MR) is 144 cm³/mol. The molecule has 4 heterocycles. The summed E-state index contributed by atoms with van der Waals surface area (Å²) in [6.07, 6.45) is 1.64. The van der Waals surface area contributed by atoms with E-state index in [0.717, 1.165) is 6.92 Å². The number of nitrogens with zero attached hydrogens (tertiary/aromatic N) is 7. The minimum Gasteiger partial charge on any atom is -0.411 e. The Hall–Kier alpha value is -3.91. The quantitative estimate of drug-likeness (QED) is 0.182. The second kappa shape index (κ2) is 10.8. The molecule has 0 radical (unpaired) electrons. The van der Waals surface area contributed by atoms with Crippen molar-refractivity contribution in [3.63, 3.8) is 0 Å². The summed E-state index contributed by atoms with van der Waals surface area (Å²) in [6, 6.07) is 20.5. The van der Waals surface area contributed by atoms with Crippen molar-refractivity contribution in [2.45, 2.75) is 44.7 Å². The number of halogens is 3. The third-order valence-electron chi connectivity index (χ3n) is 7.39. The van der Waals surface area contributed by atoms with E-state index in [1.54, 1.807) is 28.8 Å². The Morgan fingerprint density at radius 2 is 1.39 bits per heavy atom. The molecule has 6 aromatic rings. The number of imidazole rings is 2. The van der Waals surface area contributed by atoms with Crippen LogP contribution in [0.4, 0.5) is 13.2 Å². The van der Waals surface area contributed by atoms with Crippen LogP contribution in [0.25, 0.3) is 33.8 Å². The van der Waals surface area contributed by atoms with Crippen molar-refractivity contribution in [1.29, 1.82) is 0 Å². The Kier molecular flexibility index (Phi) is 7.55. The number of benzene rings is 2. The first-order chi connectivity index (χ1) is 19.2. The zero-order valence-electron chi connectivity index (χ0n) is 22.3. The summed E-state index contributed by atoms with van der Waals surface area (Å²) in [7, 11) is 0. The first-order valence-corrected chi connectivity index (χ1v) is 12.9. The van der Waals surface area contributed by atoms with Crippen LogP contribution in [-0.4, -0.2) is 40.2 Å². The van der Waals surface area contributed by atoms with Crippen LogP contribution in [-0.2, 0) is 26.5 Å². The Morgan fingerprint density at radius 3 is 2.02 bits per heavy atom. The van der Waals surface area contributed by atoms with Crippen molar-refractivity contribution in [1.82, 2.24) is 34.1 Å². The van der Waals surface area contributed by atoms with Gasteiger partial charge in [-0.1, -0.05) is 80.0 Å². The molecule has 0 aliphatic rings. The number of pyridine rings is 1. The van der Waals surface area contributed by atoms with Crippen molar-refractivity contribution in [2.24, 2.45) is 0 Å². The van der Waals surface area contributed by atoms with Gasteiger partial charge >= 0.3 is 27.2 Å². The van der Waals surface area contributed by atoms with E-state index in [1.165, 1.54) is 16.7 Å². The standard InChI is InChI=1S/C30H24F3N7.Pt/c1-4-19(2)22-16-26(38-28(36-22)40-18-35-21-11-6-8-13-24(21)40)29(3,30(31,32)33)25-14-9-15-27(37-25)39-17-34-20-10-5-7-12-23(20)39;/h5-16,19H,4H2,1-3H3;/q-2;+2. The Morgan fingerprint density at radius 1 is 0.780 bits per heavy atom. The maximum absolute atomic E-state index is 15.2. The van der Waals surface area contributed by atoms with Crippen LogP contribution in [0.1, 0.15) is 50.2 Å². The van der Waals surface area contributed by atoms with Crippen LogP contribution in [0.5, 0.6) is 0 Å². The zero-order valence-corrected chi connectivity index (χ0v) is 24.6. The molecule has 6 rings (SSSR count). The Balaban J connectivity index is 0.00000337. The average Bonchev–Trinajstić information content (AvgIpc) is 3.60. The number of fused-ring (bicyclic) bond motifs is 2. The summed E-state index contributed by atoms with van der Waals surface area (Å²) in [4.78, 5) is 22.2. The fourth-order valence-electron chi connectivity index (χ4n) is 4.66. The van der Waals surface area contributed by atoms with E-state index in [4.69, 9.17) is 0 Å². The van der Waals surface area contributed by atoms with Crippen LogP contribution < -0.4 is 0 Å². The summed E-state index contributed by atoms with van der Waals surface area (Å²) in [5.74, 6) is 0.230. The van der Waals surface area contributed by atoms with Crippen molar-refractivity contribution < 1.29 is 34.2 Å². The molecule has 0 spiro atoms. The van der Waals surface area contributed by atoms with Crippen molar-refractivity contribution in [2.75, 3.05) is 0 Å². The molecule has 0 fully saturated rings. The molecule has 4 aromatic heterocycles. The van der Waals surface area contributed by atoms with Crippen LogP contribution in [0.15, 0.2) is 72.8 Å². The molecule has 0 bridgehead atoms. The van der Waals surface area contributed by atoms with Crippen LogP contribution in [0.3, 0.4) is 0 Å². The smallest absolute Gasteiger partial charge is 0.411 e. The number of hydrogen-bond acceptors (Lipinski definition) is 5. The molecular formula is C30H24F3N7Pt. The monoisotopic (exact) mass is 734 g/mol. The largest absolute Gasteiger partial charge is 2.00 e. The van der Waals surface area contributed by atoms with Gasteiger partial charge in [0.25, 0.3) is 0 Å². The maximum atomic E-state index is 15.2. The van der Waals surface area contributed by atoms with Gasteiger partial charge < -0.3 is 19.1 Å². The third kappa shape index (κ3) is 4.84. The Bertz CT molecular complexity index is 1850. The zero-order chi connectivity index (χ0) is 28.1. The van der Waals surface area contributed by atoms with E-state index in [0.29, 0.717) is 34.2 Å². The molecule has 2 unspecified atom stereocenters. The van der Waals surface area contributed by atoms with Crippen molar-refractivity contribution in [3.8, 4) is 11.8 Å². The molecule has 11 heteroatoms. The van der Waals surface area contributed by atoms with Gasteiger partial charge in [0.2, 0.25) is 0 Å². The fourth-order valence-corrected chi connectivity index (χ4v) is 4.66. The SMILES string of the molecule is CCC(C)c1cc(C(C)(c2cccc(-n3[c-]nc4ccccc43)n2)C(F)(F)F)nc(-n2[c-]nc3ccccc32)n1.[Pt+2]. The van der Waals surface area contributed by atoms with E-state index in [-0.39, 0.29) is 50.1 Å². The molecular weight excluding hydrogens is 710 g/mol. The molecule has 0 N–H and O–H groups in total. The van der Waals surface area contributed by atoms with Crippen molar-refractivity contribution in [3.05, 3.63) is 103 Å². The van der Waals surface area contributed by atoms with Gasteiger partial charge in [0, 0.05) is 18.3 Å². The fraction of sp³-hybridized carbons (Fsp3) is 0.233. The van der Waals surface area contributed by atoms with Gasteiger partial charge in [0.1, 0.15) is 5.41 Å². The second-order valence-electron chi connectivity index (χ2n) is 9.86. The summed E-state index contributed by atoms with van der Waals surface area (Å²) in [5, 5.41) is 0. The van der Waals surface area contributed by atoms with Gasteiger partial charge in [-0.25, -0.2) is 0 Å². The molecule has 0 saturated heterocycles. The van der Waals surface area contributed by atoms with E-state index < -0.39 is 11.6 Å². The van der Waals surface area contributed by atoms with Crippen molar-refractivity contribution >= 4 is 22.1 Å². The number of rotatable bonds is 6. The van der Waals surface area contributed by atoms with Gasteiger partial charge in [-0.05, 0) is 47.9 Å². The van der Waals surface area contributed by atoms with Gasteiger partial charge in [0.05, 0.1) is 17.2 Å². The summed E-state index contributed by atoms with van der Waals surface area (Å²) < 4.78 is 48.6. The summed E-state index contributed by atoms with van der Waals surface area (Å²) in [6.45, 7) is 5.00. The third-order valence-corrected chi connectivity index (χ3v) is 7.39. The minimum absolute atomic E-state index is 0. The Labute approximate surface area is 248 Å². The number of alkyl halides is 3. The molecule has 41 heavy (non-hydrogen) atoms. The molecule has 2 aromatic carbocycles. The number of hydrogen-bond donors (Lipinski definition) is 0. The maximum Gasteiger partial charge on any atom is 2.00 e. The normalized spacial score (nSPS) is 14.1. The molecule has 0 amide bonds. The van der Waals surface area contributed by atoms with Gasteiger partial charge in [-0.3, -0.25) is 15.0 Å². The van der Waals surface area contributed by atoms with Crippen LogP contribution in [0, 0.1) is 12.7 Å². The summed E-state index contributed by atoms with van der Waals surface area (Å²) >= 11 is 0. The number of para-hydroxylation sites is 4. The summed E-state index contributed by atoms with van der Waals surface area (Å²) in [5.41, 5.74) is 0.148. The van der Waals surface area contributed by atoms with Crippen LogP contribution in [0.2, 0.25) is 0 Å². The second-order valence-corrected chi connectivity index (χ2v) is 9.86. The first kappa shape index (κ1) is 28.6. The van der Waals surface area contributed by atoms with Gasteiger partial charge in [-0.15, -0.1) is 0 Å². The van der Waals surface area contributed by atoms with E-state index in [9.17, 15) is 0 Å². The molecule has 7 nitrogen and oxygen atoms in total. The number of aromatic nitrogens is 7. The van der Waals surface area contributed by atoms with Gasteiger partial charge in [-0.2, -0.15) is 13.2 Å².